The van der Waals surface area contributed by atoms with Crippen LogP contribution in [0.25, 0.3) is 11.3 Å². The van der Waals surface area contributed by atoms with E-state index >= 15 is 0 Å². The number of esters is 1. The lowest BCUT2D eigenvalue weighted by molar-refractivity contribution is 0.0212. The van der Waals surface area contributed by atoms with Crippen LogP contribution in [0.15, 0.2) is 30.5 Å². The van der Waals surface area contributed by atoms with Gasteiger partial charge in [0.05, 0.1) is 30.7 Å². The first-order chi connectivity index (χ1) is 16.2. The summed E-state index contributed by atoms with van der Waals surface area (Å²) in [6, 6.07) is 7.39. The maximum atomic E-state index is 12.8. The number of amides is 1. The fraction of sp³-hybridized carbons (Fsp3) is 0.520. The van der Waals surface area contributed by atoms with Gasteiger partial charge in [-0.25, -0.2) is 19.6 Å². The molecule has 1 amide bonds. The van der Waals surface area contributed by atoms with Crippen molar-refractivity contribution < 1.29 is 23.8 Å². The van der Waals surface area contributed by atoms with Crippen molar-refractivity contribution in [2.45, 2.75) is 52.7 Å². The van der Waals surface area contributed by atoms with E-state index in [1.807, 2.05) is 45.9 Å². The average Bonchev–Trinajstić information content (AvgIpc) is 2.82. The molecule has 3 rings (SSSR count). The average molecular weight is 471 g/mol. The van der Waals surface area contributed by atoms with Crippen LogP contribution < -0.4 is 9.64 Å². The van der Waals surface area contributed by atoms with Crippen LogP contribution in [0.5, 0.6) is 5.88 Å². The van der Waals surface area contributed by atoms with Gasteiger partial charge in [0.2, 0.25) is 5.88 Å². The second-order valence-corrected chi connectivity index (χ2v) is 9.03. The molecular weight excluding hydrogens is 436 g/mol. The van der Waals surface area contributed by atoms with Gasteiger partial charge in [0.25, 0.3) is 0 Å². The fourth-order valence-corrected chi connectivity index (χ4v) is 3.93. The number of pyridine rings is 2. The molecule has 0 N–H and O–H groups in total. The van der Waals surface area contributed by atoms with Gasteiger partial charge in [0.1, 0.15) is 5.60 Å². The largest absolute Gasteiger partial charge is 0.477 e. The van der Waals surface area contributed by atoms with Crippen molar-refractivity contribution in [2.24, 2.45) is 0 Å². The van der Waals surface area contributed by atoms with Gasteiger partial charge in [-0.2, -0.15) is 0 Å². The Morgan fingerprint density at radius 2 is 1.91 bits per heavy atom. The molecule has 9 nitrogen and oxygen atoms in total. The first-order valence-electron chi connectivity index (χ1n) is 11.6. The number of anilines is 1. The lowest BCUT2D eigenvalue weighted by atomic mass is 10.1. The van der Waals surface area contributed by atoms with Crippen molar-refractivity contribution >= 4 is 17.7 Å². The van der Waals surface area contributed by atoms with Gasteiger partial charge in [-0.3, -0.25) is 0 Å². The molecule has 3 heterocycles. The summed E-state index contributed by atoms with van der Waals surface area (Å²) in [4.78, 5) is 38.2. The van der Waals surface area contributed by atoms with Crippen molar-refractivity contribution in [3.8, 4) is 17.1 Å². The highest BCUT2D eigenvalue weighted by Gasteiger charge is 2.33. The zero-order valence-corrected chi connectivity index (χ0v) is 20.8. The van der Waals surface area contributed by atoms with E-state index in [0.717, 1.165) is 6.42 Å². The maximum absolute atomic E-state index is 12.8. The SMILES string of the molecule is CCOc1ncccc1-c1ccc(N2CCN(C(=O)OC(C)(C)C)C[C@H]2CC)c(C(=O)OC)n1. The molecule has 0 radical (unpaired) electrons. The molecule has 0 spiro atoms. The molecule has 34 heavy (non-hydrogen) atoms. The molecule has 0 aliphatic carbocycles. The Bertz CT molecular complexity index is 1020. The lowest BCUT2D eigenvalue weighted by Gasteiger charge is -2.43. The highest BCUT2D eigenvalue weighted by Crippen LogP contribution is 2.32. The number of piperazine rings is 1. The minimum Gasteiger partial charge on any atom is -0.477 e. The molecule has 1 fully saturated rings. The Morgan fingerprint density at radius 1 is 1.15 bits per heavy atom. The van der Waals surface area contributed by atoms with E-state index in [1.54, 1.807) is 17.2 Å². The second-order valence-electron chi connectivity index (χ2n) is 9.03. The van der Waals surface area contributed by atoms with E-state index in [0.29, 0.717) is 49.1 Å². The van der Waals surface area contributed by atoms with Crippen molar-refractivity contribution in [2.75, 3.05) is 38.3 Å². The highest BCUT2D eigenvalue weighted by molar-refractivity contribution is 5.94. The molecule has 1 saturated heterocycles. The summed E-state index contributed by atoms with van der Waals surface area (Å²) >= 11 is 0. The van der Waals surface area contributed by atoms with Gasteiger partial charge >= 0.3 is 12.1 Å². The molecule has 9 heteroatoms. The monoisotopic (exact) mass is 470 g/mol. The summed E-state index contributed by atoms with van der Waals surface area (Å²) < 4.78 is 16.3. The Hall–Kier alpha value is -3.36. The molecule has 0 saturated carbocycles. The van der Waals surface area contributed by atoms with Gasteiger partial charge in [-0.05, 0) is 58.4 Å². The van der Waals surface area contributed by atoms with Crippen molar-refractivity contribution in [1.29, 1.82) is 0 Å². The number of hydrogen-bond acceptors (Lipinski definition) is 8. The number of aromatic nitrogens is 2. The summed E-state index contributed by atoms with van der Waals surface area (Å²) in [6.07, 6.45) is 2.10. The normalized spacial score (nSPS) is 16.2. The minimum atomic E-state index is -0.555. The molecule has 1 aliphatic rings. The minimum absolute atomic E-state index is 0.00491. The Balaban J connectivity index is 1.93. The Morgan fingerprint density at radius 3 is 2.56 bits per heavy atom. The smallest absolute Gasteiger partial charge is 0.410 e. The number of nitrogens with zero attached hydrogens (tertiary/aromatic N) is 4. The maximum Gasteiger partial charge on any atom is 0.410 e. The van der Waals surface area contributed by atoms with Crippen LogP contribution >= 0.6 is 0 Å². The van der Waals surface area contributed by atoms with Gasteiger partial charge in [0, 0.05) is 31.9 Å². The summed E-state index contributed by atoms with van der Waals surface area (Å²) in [5.41, 5.74) is 1.60. The fourth-order valence-electron chi connectivity index (χ4n) is 3.93. The topological polar surface area (TPSA) is 94.1 Å². The quantitative estimate of drug-likeness (QED) is 0.581. The second kappa shape index (κ2) is 10.7. The molecule has 0 unspecified atom stereocenters. The van der Waals surface area contributed by atoms with Crippen molar-refractivity contribution in [3.05, 3.63) is 36.2 Å². The summed E-state index contributed by atoms with van der Waals surface area (Å²) in [5, 5.41) is 0. The van der Waals surface area contributed by atoms with Crippen LogP contribution in [0, 0.1) is 0 Å². The lowest BCUT2D eigenvalue weighted by Crippen LogP contribution is -2.55. The third kappa shape index (κ3) is 5.76. The van der Waals surface area contributed by atoms with E-state index in [4.69, 9.17) is 14.2 Å². The van der Waals surface area contributed by atoms with Crippen LogP contribution in [0.2, 0.25) is 0 Å². The molecule has 184 valence electrons. The number of carbonyl (C=O) groups is 2. The molecule has 2 aromatic rings. The van der Waals surface area contributed by atoms with Gasteiger partial charge < -0.3 is 24.0 Å². The van der Waals surface area contributed by atoms with Crippen LogP contribution in [0.4, 0.5) is 10.5 Å². The van der Waals surface area contributed by atoms with Gasteiger partial charge in [-0.1, -0.05) is 6.92 Å². The van der Waals surface area contributed by atoms with Gasteiger partial charge in [-0.15, -0.1) is 0 Å². The summed E-state index contributed by atoms with van der Waals surface area (Å²) in [5.74, 6) is -0.0680. The zero-order chi connectivity index (χ0) is 24.9. The Labute approximate surface area is 201 Å². The number of rotatable bonds is 6. The van der Waals surface area contributed by atoms with Crippen LogP contribution in [-0.4, -0.2) is 71.9 Å². The van der Waals surface area contributed by atoms with E-state index in [2.05, 4.69) is 21.8 Å². The van der Waals surface area contributed by atoms with Crippen LogP contribution in [-0.2, 0) is 9.47 Å². The number of carbonyl (C=O) groups excluding carboxylic acids is 2. The standard InChI is InChI=1S/C25H34N4O5/c1-7-17-16-28(24(31)34-25(3,4)5)14-15-29(17)20-12-11-19(27-21(20)23(30)32-6)18-10-9-13-26-22(18)33-8-2/h9-13,17H,7-8,14-16H2,1-6H3/t17-/m1/s1. The van der Waals surface area contributed by atoms with E-state index < -0.39 is 11.6 Å². The predicted molar refractivity (Wildman–Crippen MR) is 129 cm³/mol. The van der Waals surface area contributed by atoms with Crippen LogP contribution in [0.1, 0.15) is 51.5 Å². The summed E-state index contributed by atoms with van der Waals surface area (Å²) in [7, 11) is 1.34. The molecular formula is C25H34N4O5. The van der Waals surface area contributed by atoms with Crippen LogP contribution in [0.3, 0.4) is 0 Å². The van der Waals surface area contributed by atoms with E-state index in [1.165, 1.54) is 7.11 Å². The number of methoxy groups -OCH3 is 1. The third-order valence-electron chi connectivity index (χ3n) is 5.50. The van der Waals surface area contributed by atoms with Crippen molar-refractivity contribution in [1.82, 2.24) is 14.9 Å². The molecule has 1 atom stereocenters. The number of hydrogen-bond donors (Lipinski definition) is 0. The first kappa shape index (κ1) is 25.3. The third-order valence-corrected chi connectivity index (χ3v) is 5.50. The summed E-state index contributed by atoms with van der Waals surface area (Å²) in [6.45, 7) is 11.5. The van der Waals surface area contributed by atoms with Gasteiger partial charge in [0.15, 0.2) is 5.69 Å². The Kier molecular flexibility index (Phi) is 7.96. The van der Waals surface area contributed by atoms with E-state index in [9.17, 15) is 9.59 Å². The molecule has 0 aromatic carbocycles. The highest BCUT2D eigenvalue weighted by atomic mass is 16.6. The molecule has 1 aliphatic heterocycles. The first-order valence-corrected chi connectivity index (χ1v) is 11.6. The van der Waals surface area contributed by atoms with E-state index in [-0.39, 0.29) is 17.8 Å². The zero-order valence-electron chi connectivity index (χ0n) is 20.8. The predicted octanol–water partition coefficient (Wildman–Crippen LogP) is 4.16. The molecule has 0 bridgehead atoms. The number of ether oxygens (including phenoxy) is 3. The molecule has 2 aromatic heterocycles. The van der Waals surface area contributed by atoms with Crippen molar-refractivity contribution in [3.63, 3.8) is 0 Å².